The summed E-state index contributed by atoms with van der Waals surface area (Å²) in [6.45, 7) is 3.56. The predicted molar refractivity (Wildman–Crippen MR) is 116 cm³/mol. The Morgan fingerprint density at radius 2 is 1.45 bits per heavy atom. The van der Waals surface area contributed by atoms with Gasteiger partial charge in [-0.25, -0.2) is 0 Å². The molecule has 2 aromatic rings. The fourth-order valence-corrected chi connectivity index (χ4v) is 2.79. The first kappa shape index (κ1) is 23.7. The number of methoxy groups -OCH3 is 4. The highest BCUT2D eigenvalue weighted by molar-refractivity contribution is 6.05. The van der Waals surface area contributed by atoms with Gasteiger partial charge in [0.1, 0.15) is 0 Å². The minimum atomic E-state index is -0.378. The van der Waals surface area contributed by atoms with E-state index in [9.17, 15) is 9.59 Å². The number of nitrogens with one attached hydrogen (secondary N) is 2. The topological polar surface area (TPSA) is 104 Å². The molecule has 0 aliphatic carbocycles. The first-order valence-corrected chi connectivity index (χ1v) is 9.54. The summed E-state index contributed by atoms with van der Waals surface area (Å²) in [6.07, 6.45) is 0. The molecule has 0 atom stereocenters. The van der Waals surface area contributed by atoms with Crippen LogP contribution >= 0.6 is 0 Å². The van der Waals surface area contributed by atoms with Crippen molar-refractivity contribution in [2.45, 2.75) is 19.9 Å². The lowest BCUT2D eigenvalue weighted by Gasteiger charge is -2.15. The maximum absolute atomic E-state index is 12.8. The molecule has 0 fully saturated rings. The number of ether oxygens (including phenoxy) is 5. The van der Waals surface area contributed by atoms with E-state index < -0.39 is 0 Å². The molecule has 0 radical (unpaired) electrons. The summed E-state index contributed by atoms with van der Waals surface area (Å²) in [5.74, 6) is 1.31. The molecule has 0 spiro atoms. The van der Waals surface area contributed by atoms with Crippen LogP contribution in [0, 0.1) is 0 Å². The fourth-order valence-electron chi connectivity index (χ4n) is 2.79. The fraction of sp³-hybridized carbons (Fsp3) is 0.364. The molecule has 0 heterocycles. The van der Waals surface area contributed by atoms with Crippen molar-refractivity contribution in [1.29, 1.82) is 0 Å². The van der Waals surface area contributed by atoms with Crippen molar-refractivity contribution in [2.24, 2.45) is 0 Å². The van der Waals surface area contributed by atoms with Crippen molar-refractivity contribution in [3.05, 3.63) is 35.9 Å². The highest BCUT2D eigenvalue weighted by Gasteiger charge is 2.17. The molecule has 2 amide bonds. The summed E-state index contributed by atoms with van der Waals surface area (Å²) in [5, 5.41) is 5.52. The molecule has 0 bridgehead atoms. The third kappa shape index (κ3) is 6.18. The third-order valence-electron chi connectivity index (χ3n) is 4.16. The van der Waals surface area contributed by atoms with E-state index in [-0.39, 0.29) is 24.5 Å². The standard InChI is InChI=1S/C22H28N2O7/c1-13(2)23-20(25)12-31-16-8-7-14(9-17(16)27-3)22(26)24-15-10-18(28-4)21(30-6)19(11-15)29-5/h7-11,13H,12H2,1-6H3,(H,23,25)(H,24,26). The van der Waals surface area contributed by atoms with Crippen molar-refractivity contribution < 1.29 is 33.3 Å². The number of benzene rings is 2. The SMILES string of the molecule is COc1cc(C(=O)Nc2cc(OC)c(OC)c(OC)c2)ccc1OCC(=O)NC(C)C. The van der Waals surface area contributed by atoms with Crippen molar-refractivity contribution in [1.82, 2.24) is 5.32 Å². The van der Waals surface area contributed by atoms with Crippen LogP contribution in [0.1, 0.15) is 24.2 Å². The van der Waals surface area contributed by atoms with Crippen LogP contribution in [-0.4, -0.2) is 52.9 Å². The Bertz CT molecular complexity index is 903. The van der Waals surface area contributed by atoms with Gasteiger partial charge in [0.2, 0.25) is 5.75 Å². The van der Waals surface area contributed by atoms with Crippen molar-refractivity contribution >= 4 is 17.5 Å². The molecule has 0 unspecified atom stereocenters. The summed E-state index contributed by atoms with van der Waals surface area (Å²) in [7, 11) is 5.94. The van der Waals surface area contributed by atoms with Gasteiger partial charge >= 0.3 is 0 Å². The second-order valence-corrected chi connectivity index (χ2v) is 6.74. The molecular weight excluding hydrogens is 404 g/mol. The van der Waals surface area contributed by atoms with Gasteiger partial charge in [-0.3, -0.25) is 9.59 Å². The quantitative estimate of drug-likeness (QED) is 0.595. The van der Waals surface area contributed by atoms with E-state index >= 15 is 0 Å². The Hall–Kier alpha value is -3.62. The highest BCUT2D eigenvalue weighted by Crippen LogP contribution is 2.40. The van der Waals surface area contributed by atoms with Gasteiger partial charge in [-0.1, -0.05) is 0 Å². The Morgan fingerprint density at radius 3 is 1.97 bits per heavy atom. The Balaban J connectivity index is 2.18. The zero-order valence-corrected chi connectivity index (χ0v) is 18.5. The maximum Gasteiger partial charge on any atom is 0.258 e. The van der Waals surface area contributed by atoms with Gasteiger partial charge in [-0.15, -0.1) is 0 Å². The number of hydrogen-bond donors (Lipinski definition) is 2. The zero-order valence-electron chi connectivity index (χ0n) is 18.5. The summed E-state index contributed by atoms with van der Waals surface area (Å²) in [4.78, 5) is 24.5. The molecule has 0 saturated heterocycles. The molecule has 0 aromatic heterocycles. The molecule has 2 N–H and O–H groups in total. The lowest BCUT2D eigenvalue weighted by molar-refractivity contribution is -0.123. The van der Waals surface area contributed by atoms with Crippen LogP contribution in [-0.2, 0) is 4.79 Å². The number of carbonyl (C=O) groups excluding carboxylic acids is 2. The van der Waals surface area contributed by atoms with Crippen molar-refractivity contribution in [2.75, 3.05) is 40.4 Å². The number of amides is 2. The molecule has 168 valence electrons. The first-order valence-electron chi connectivity index (χ1n) is 9.54. The maximum atomic E-state index is 12.8. The Labute approximate surface area is 181 Å². The smallest absolute Gasteiger partial charge is 0.258 e. The molecule has 9 heteroatoms. The molecule has 2 rings (SSSR count). The predicted octanol–water partition coefficient (Wildman–Crippen LogP) is 2.88. The van der Waals surface area contributed by atoms with Crippen LogP contribution in [0.15, 0.2) is 30.3 Å². The van der Waals surface area contributed by atoms with E-state index in [4.69, 9.17) is 23.7 Å². The van der Waals surface area contributed by atoms with Crippen LogP contribution in [0.25, 0.3) is 0 Å². The van der Waals surface area contributed by atoms with E-state index in [0.29, 0.717) is 40.0 Å². The molecule has 0 aliphatic rings. The van der Waals surface area contributed by atoms with Crippen molar-refractivity contribution in [3.8, 4) is 28.7 Å². The van der Waals surface area contributed by atoms with E-state index in [0.717, 1.165) is 0 Å². The third-order valence-corrected chi connectivity index (χ3v) is 4.16. The van der Waals surface area contributed by atoms with Gasteiger partial charge in [0.15, 0.2) is 29.6 Å². The second-order valence-electron chi connectivity index (χ2n) is 6.74. The molecule has 9 nitrogen and oxygen atoms in total. The van der Waals surface area contributed by atoms with Crippen LogP contribution in [0.2, 0.25) is 0 Å². The van der Waals surface area contributed by atoms with Gasteiger partial charge in [0.25, 0.3) is 11.8 Å². The Kier molecular flexibility index (Phi) is 8.36. The van der Waals surface area contributed by atoms with Gasteiger partial charge in [0.05, 0.1) is 28.4 Å². The summed E-state index contributed by atoms with van der Waals surface area (Å²) in [5.41, 5.74) is 0.800. The number of anilines is 1. The number of rotatable bonds is 10. The minimum absolute atomic E-state index is 0.0132. The van der Waals surface area contributed by atoms with Crippen molar-refractivity contribution in [3.63, 3.8) is 0 Å². The van der Waals surface area contributed by atoms with E-state index in [1.54, 1.807) is 24.3 Å². The van der Waals surface area contributed by atoms with E-state index in [2.05, 4.69) is 10.6 Å². The van der Waals surface area contributed by atoms with Crippen LogP contribution in [0.3, 0.4) is 0 Å². The van der Waals surface area contributed by atoms with Crippen LogP contribution in [0.4, 0.5) is 5.69 Å². The molecule has 0 aliphatic heterocycles. The van der Waals surface area contributed by atoms with Gasteiger partial charge in [-0.05, 0) is 32.0 Å². The van der Waals surface area contributed by atoms with Gasteiger partial charge in [0, 0.05) is 29.4 Å². The van der Waals surface area contributed by atoms with E-state index in [1.165, 1.54) is 34.5 Å². The van der Waals surface area contributed by atoms with E-state index in [1.807, 2.05) is 13.8 Å². The molecular formula is C22H28N2O7. The second kappa shape index (κ2) is 11.0. The lowest BCUT2D eigenvalue weighted by atomic mass is 10.1. The summed E-state index contributed by atoms with van der Waals surface area (Å²) < 4.78 is 26.7. The average molecular weight is 432 g/mol. The number of hydrogen-bond acceptors (Lipinski definition) is 7. The normalized spacial score (nSPS) is 10.3. The summed E-state index contributed by atoms with van der Waals surface area (Å²) >= 11 is 0. The Morgan fingerprint density at radius 1 is 0.839 bits per heavy atom. The largest absolute Gasteiger partial charge is 0.493 e. The summed E-state index contributed by atoms with van der Waals surface area (Å²) in [6, 6.07) is 7.95. The zero-order chi connectivity index (χ0) is 23.0. The van der Waals surface area contributed by atoms with Crippen LogP contribution in [0.5, 0.6) is 28.7 Å². The highest BCUT2D eigenvalue weighted by atomic mass is 16.5. The van der Waals surface area contributed by atoms with Gasteiger partial charge in [-0.2, -0.15) is 0 Å². The lowest BCUT2D eigenvalue weighted by Crippen LogP contribution is -2.34. The monoisotopic (exact) mass is 432 g/mol. The molecule has 0 saturated carbocycles. The number of carbonyl (C=O) groups is 2. The molecule has 2 aromatic carbocycles. The van der Waals surface area contributed by atoms with Gasteiger partial charge < -0.3 is 34.3 Å². The van der Waals surface area contributed by atoms with Crippen LogP contribution < -0.4 is 34.3 Å². The first-order chi connectivity index (χ1) is 14.8. The molecule has 31 heavy (non-hydrogen) atoms. The average Bonchev–Trinajstić information content (AvgIpc) is 2.76. The minimum Gasteiger partial charge on any atom is -0.493 e.